The molecule has 1 aromatic heterocycles. The van der Waals surface area contributed by atoms with Crippen molar-refractivity contribution in [1.29, 1.82) is 0 Å². The van der Waals surface area contributed by atoms with E-state index in [-0.39, 0.29) is 58.2 Å². The van der Waals surface area contributed by atoms with E-state index in [1.54, 1.807) is 0 Å². The molecule has 0 aliphatic carbocycles. The number of nitrogens with two attached hydrogens (primary N) is 1. The van der Waals surface area contributed by atoms with Crippen molar-refractivity contribution in [3.8, 4) is 12.3 Å². The fourth-order valence-corrected chi connectivity index (χ4v) is 4.89. The first-order chi connectivity index (χ1) is 12.9. The zero-order valence-corrected chi connectivity index (χ0v) is 19.0. The van der Waals surface area contributed by atoms with Crippen molar-refractivity contribution in [2.75, 3.05) is 11.5 Å². The summed E-state index contributed by atoms with van der Waals surface area (Å²) in [5.41, 5.74) is 5.98. The van der Waals surface area contributed by atoms with Crippen LogP contribution in [0.5, 0.6) is 0 Å². The fraction of sp³-hybridized carbons (Fsp3) is 0.267. The molecule has 1 fully saturated rings. The van der Waals surface area contributed by atoms with Crippen LogP contribution >= 0.6 is 35.3 Å². The molecule has 0 unspecified atom stereocenters. The van der Waals surface area contributed by atoms with Crippen molar-refractivity contribution in [3.05, 3.63) is 22.3 Å². The summed E-state index contributed by atoms with van der Waals surface area (Å²) in [6.07, 6.45) is 5.52. The van der Waals surface area contributed by atoms with Crippen LogP contribution in [0.2, 0.25) is 0 Å². The standard InChI is InChI=1S/C15H13N5O4S3.Na/c1-2-3-6-4-26-13-9(12(22)20(13)10(6)14(23)25)18-11(21)8(19-24)7-5-27-15(16)17-7;/h1,5,9,13,24H,3-4H2,(H2,16,17)(H,18,21)(H,23,25);/q;+1/p-1/b19-8-;/t9-,13-;/m1./s1. The molecular formula is C15H12N5NaO4S3. The summed E-state index contributed by atoms with van der Waals surface area (Å²) in [5.74, 6) is 1.59. The molecule has 0 saturated carbocycles. The number of terminal acetylenes is 1. The number of oxime groups is 1. The maximum Gasteiger partial charge on any atom is 1.00 e. The van der Waals surface area contributed by atoms with Crippen molar-refractivity contribution >= 4 is 63.0 Å². The van der Waals surface area contributed by atoms with Crippen LogP contribution in [0.25, 0.3) is 0 Å². The zero-order chi connectivity index (χ0) is 19.7. The van der Waals surface area contributed by atoms with E-state index in [1.807, 2.05) is 0 Å². The maximum atomic E-state index is 12.5. The Morgan fingerprint density at radius 1 is 1.64 bits per heavy atom. The van der Waals surface area contributed by atoms with Gasteiger partial charge in [0.25, 0.3) is 11.8 Å². The number of hydrogen-bond donors (Lipinski definition) is 3. The normalized spacial score (nSPS) is 21.2. The number of anilines is 1. The molecular weight excluding hydrogens is 433 g/mol. The van der Waals surface area contributed by atoms with Gasteiger partial charge in [-0.25, -0.2) is 4.98 Å². The topological polar surface area (TPSA) is 144 Å². The fourth-order valence-electron chi connectivity index (χ4n) is 2.75. The Balaban J connectivity index is 0.00000280. The number of fused-ring (bicyclic) bond motifs is 1. The van der Waals surface area contributed by atoms with Gasteiger partial charge in [0.05, 0.1) is 0 Å². The van der Waals surface area contributed by atoms with Gasteiger partial charge in [-0.1, -0.05) is 17.4 Å². The summed E-state index contributed by atoms with van der Waals surface area (Å²) >= 11 is 7.17. The first-order valence-corrected chi connectivity index (χ1v) is 9.78. The molecule has 28 heavy (non-hydrogen) atoms. The molecule has 13 heteroatoms. The molecule has 2 atom stereocenters. The molecule has 9 nitrogen and oxygen atoms in total. The number of nitrogens with one attached hydrogen (secondary N) is 1. The molecule has 2 aliphatic rings. The van der Waals surface area contributed by atoms with Crippen LogP contribution in [0.4, 0.5) is 5.13 Å². The summed E-state index contributed by atoms with van der Waals surface area (Å²) in [4.78, 5) is 30.1. The Morgan fingerprint density at radius 2 is 2.36 bits per heavy atom. The van der Waals surface area contributed by atoms with Crippen LogP contribution < -0.4 is 45.7 Å². The number of β-lactam (4-membered cyclic amide) rings is 1. The van der Waals surface area contributed by atoms with Gasteiger partial charge in [-0.3, -0.25) is 14.5 Å². The Kier molecular flexibility index (Phi) is 7.49. The molecule has 0 bridgehead atoms. The van der Waals surface area contributed by atoms with E-state index in [0.717, 1.165) is 11.3 Å². The number of nitrogens with zero attached hydrogens (tertiary/aromatic N) is 3. The third-order valence-corrected chi connectivity index (χ3v) is 6.13. The van der Waals surface area contributed by atoms with Crippen molar-refractivity contribution < 1.29 is 49.5 Å². The summed E-state index contributed by atoms with van der Waals surface area (Å²) in [7, 11) is 0. The predicted octanol–water partition coefficient (Wildman–Crippen LogP) is -3.73. The van der Waals surface area contributed by atoms with Crippen LogP contribution in [-0.2, 0) is 9.59 Å². The van der Waals surface area contributed by atoms with Crippen LogP contribution in [0.1, 0.15) is 12.1 Å². The van der Waals surface area contributed by atoms with Gasteiger partial charge >= 0.3 is 29.6 Å². The number of carbonyl (C=O) groups is 2. The molecule has 0 spiro atoms. The molecule has 2 amide bonds. The Hall–Kier alpha value is -1.62. The van der Waals surface area contributed by atoms with Gasteiger partial charge in [0.1, 0.15) is 17.1 Å². The number of thioether (sulfide) groups is 1. The number of thiocarbonyl (C=S) groups is 1. The maximum absolute atomic E-state index is 12.5. The Bertz CT molecular complexity index is 938. The summed E-state index contributed by atoms with van der Waals surface area (Å²) < 4.78 is 0. The van der Waals surface area contributed by atoms with E-state index in [1.165, 1.54) is 22.0 Å². The summed E-state index contributed by atoms with van der Waals surface area (Å²) in [6, 6.07) is -0.896. The van der Waals surface area contributed by atoms with E-state index < -0.39 is 28.3 Å². The predicted molar refractivity (Wildman–Crippen MR) is 103 cm³/mol. The van der Waals surface area contributed by atoms with E-state index >= 15 is 0 Å². The van der Waals surface area contributed by atoms with Gasteiger partial charge in [0, 0.05) is 23.3 Å². The van der Waals surface area contributed by atoms with Crippen LogP contribution in [0.15, 0.2) is 21.8 Å². The minimum Gasteiger partial charge on any atom is -0.863 e. The second-order valence-electron chi connectivity index (χ2n) is 5.50. The molecule has 1 saturated heterocycles. The number of rotatable bonds is 5. The minimum absolute atomic E-state index is 0. The molecule has 0 radical (unpaired) electrons. The van der Waals surface area contributed by atoms with Crippen molar-refractivity contribution in [3.63, 3.8) is 0 Å². The zero-order valence-electron chi connectivity index (χ0n) is 14.5. The van der Waals surface area contributed by atoms with Gasteiger partial charge in [0.15, 0.2) is 10.8 Å². The van der Waals surface area contributed by atoms with E-state index in [4.69, 9.17) is 29.6 Å². The quantitative estimate of drug-likeness (QED) is 0.0798. The Labute approximate surface area is 195 Å². The number of thiazole rings is 1. The molecule has 4 N–H and O–H groups in total. The summed E-state index contributed by atoms with van der Waals surface area (Å²) in [6.45, 7) is 0. The van der Waals surface area contributed by atoms with E-state index in [2.05, 4.69) is 21.4 Å². The second-order valence-corrected chi connectivity index (χ2v) is 7.87. The smallest absolute Gasteiger partial charge is 0.863 e. The average molecular weight is 445 g/mol. The van der Waals surface area contributed by atoms with Gasteiger partial charge in [-0.05, 0) is 10.6 Å². The van der Waals surface area contributed by atoms with Gasteiger partial charge in [-0.2, -0.15) is 0 Å². The van der Waals surface area contributed by atoms with Gasteiger partial charge in [0.2, 0.25) is 0 Å². The number of amides is 2. The SMILES string of the molecule is C#CCC1=C(C([O-])=S)N2C(=O)[C@@H](NC(=O)/C(=N\O)c3csc(N)n3)[C@H]2SC1.[Na+]. The minimum atomic E-state index is -0.896. The van der Waals surface area contributed by atoms with Crippen molar-refractivity contribution in [2.24, 2.45) is 5.16 Å². The first kappa shape index (κ1) is 22.7. The number of aromatic nitrogens is 1. The van der Waals surface area contributed by atoms with Gasteiger partial charge < -0.3 is 21.4 Å². The molecule has 1 aromatic rings. The second kappa shape index (κ2) is 9.25. The largest absolute Gasteiger partial charge is 1.00 e. The summed E-state index contributed by atoms with van der Waals surface area (Å²) in [5, 5.41) is 26.9. The molecule has 3 heterocycles. The van der Waals surface area contributed by atoms with Crippen molar-refractivity contribution in [2.45, 2.75) is 17.8 Å². The van der Waals surface area contributed by atoms with Gasteiger partial charge in [-0.15, -0.1) is 35.4 Å². The van der Waals surface area contributed by atoms with E-state index in [0.29, 0.717) is 11.3 Å². The number of hydrogen-bond acceptors (Lipinski definition) is 10. The van der Waals surface area contributed by atoms with Crippen LogP contribution in [0, 0.1) is 12.3 Å². The van der Waals surface area contributed by atoms with Crippen LogP contribution in [0.3, 0.4) is 0 Å². The first-order valence-electron chi connectivity index (χ1n) is 7.44. The van der Waals surface area contributed by atoms with E-state index in [9.17, 15) is 14.7 Å². The monoisotopic (exact) mass is 445 g/mol. The molecule has 0 aromatic carbocycles. The number of nitrogen functional groups attached to an aromatic ring is 1. The third-order valence-electron chi connectivity index (χ3n) is 3.92. The van der Waals surface area contributed by atoms with Crippen LogP contribution in [-0.4, -0.2) is 54.8 Å². The Morgan fingerprint density at radius 3 is 2.89 bits per heavy atom. The molecule has 140 valence electrons. The van der Waals surface area contributed by atoms with Crippen molar-refractivity contribution in [1.82, 2.24) is 15.2 Å². The third kappa shape index (κ3) is 4.05. The molecule has 3 rings (SSSR count). The molecule has 2 aliphatic heterocycles. The number of carbonyl (C=O) groups excluding carboxylic acids is 2. The average Bonchev–Trinajstić information content (AvgIpc) is 3.05.